The number of aliphatic hydroxyl groups excluding tert-OH is 1. The number of nitrogens with zero attached hydrogens (tertiary/aromatic N) is 1. The highest BCUT2D eigenvalue weighted by Gasteiger charge is 2.35. The van der Waals surface area contributed by atoms with E-state index >= 15 is 0 Å². The Bertz CT molecular complexity index is 771. The summed E-state index contributed by atoms with van der Waals surface area (Å²) in [5.41, 5.74) is 0.730. The van der Waals surface area contributed by atoms with Crippen molar-refractivity contribution in [2.45, 2.75) is 18.6 Å². The minimum absolute atomic E-state index is 0.0103. The molecule has 3 amide bonds. The van der Waals surface area contributed by atoms with Crippen molar-refractivity contribution in [2.24, 2.45) is 0 Å². The van der Waals surface area contributed by atoms with E-state index in [-0.39, 0.29) is 24.9 Å². The molecule has 2 saturated heterocycles. The molecule has 6 nitrogen and oxygen atoms in total. The number of amides is 3. The first-order valence-electron chi connectivity index (χ1n) is 8.00. The molecule has 2 heterocycles. The number of halogens is 1. The lowest BCUT2D eigenvalue weighted by Gasteiger charge is -2.17. The second-order valence-corrected chi connectivity index (χ2v) is 8.42. The Kier molecular flexibility index (Phi) is 6.29. The summed E-state index contributed by atoms with van der Waals surface area (Å²) in [6, 6.07) is 6.71. The Balaban J connectivity index is 1.58. The van der Waals surface area contributed by atoms with Crippen LogP contribution < -0.4 is 5.32 Å². The summed E-state index contributed by atoms with van der Waals surface area (Å²) in [4.78, 5) is 37.9. The fourth-order valence-corrected chi connectivity index (χ4v) is 4.85. The second-order valence-electron chi connectivity index (χ2n) is 5.92. The molecule has 2 aliphatic rings. The highest BCUT2D eigenvalue weighted by molar-refractivity contribution is 8.18. The summed E-state index contributed by atoms with van der Waals surface area (Å²) < 4.78 is 0. The lowest BCUT2D eigenvalue weighted by molar-refractivity contribution is -0.124. The Morgan fingerprint density at radius 2 is 2.19 bits per heavy atom. The van der Waals surface area contributed by atoms with Gasteiger partial charge in [0.1, 0.15) is 0 Å². The highest BCUT2D eigenvalue weighted by atomic mass is 35.5. The van der Waals surface area contributed by atoms with Crippen molar-refractivity contribution in [3.05, 3.63) is 39.8 Å². The summed E-state index contributed by atoms with van der Waals surface area (Å²) in [5, 5.41) is 12.6. The first-order valence-corrected chi connectivity index (χ1v) is 10.3. The van der Waals surface area contributed by atoms with E-state index in [2.05, 4.69) is 5.32 Å². The van der Waals surface area contributed by atoms with Gasteiger partial charge in [-0.15, -0.1) is 0 Å². The van der Waals surface area contributed by atoms with Crippen molar-refractivity contribution in [2.75, 3.05) is 18.1 Å². The molecule has 2 atom stereocenters. The number of aliphatic hydroxyl groups is 1. The standard InChI is InChI=1S/C17H17ClN2O4S2/c18-11-3-1-2-10(6-11)7-14-16(23)20(17(24)26-14)5-4-15(22)19-12-8-25-9-13(12)21/h1-3,6-7,12-13,21H,4-5,8-9H2,(H,19,22)/b14-7-/t12-,13-/m0/s1. The third-order valence-electron chi connectivity index (χ3n) is 3.98. The predicted molar refractivity (Wildman–Crippen MR) is 104 cm³/mol. The first kappa shape index (κ1) is 19.3. The van der Waals surface area contributed by atoms with E-state index < -0.39 is 17.3 Å². The largest absolute Gasteiger partial charge is 0.390 e. The minimum atomic E-state index is -0.554. The molecule has 2 N–H and O–H groups in total. The van der Waals surface area contributed by atoms with Crippen LogP contribution in [0.5, 0.6) is 0 Å². The molecular formula is C17H17ClN2O4S2. The molecule has 0 spiro atoms. The van der Waals surface area contributed by atoms with Gasteiger partial charge in [0.15, 0.2) is 0 Å². The fourth-order valence-electron chi connectivity index (χ4n) is 2.61. The van der Waals surface area contributed by atoms with Gasteiger partial charge in [0.25, 0.3) is 11.1 Å². The van der Waals surface area contributed by atoms with Crippen LogP contribution in [0.25, 0.3) is 6.08 Å². The Hall–Kier alpha value is -1.48. The third kappa shape index (κ3) is 4.62. The molecule has 0 unspecified atom stereocenters. The number of imide groups is 1. The summed E-state index contributed by atoms with van der Waals surface area (Å²) in [5.74, 6) is 0.567. The second kappa shape index (κ2) is 8.47. The van der Waals surface area contributed by atoms with Gasteiger partial charge in [-0.25, -0.2) is 0 Å². The van der Waals surface area contributed by atoms with E-state index in [1.165, 1.54) is 0 Å². The summed E-state index contributed by atoms with van der Waals surface area (Å²) in [7, 11) is 0. The van der Waals surface area contributed by atoms with Crippen LogP contribution in [0, 0.1) is 0 Å². The summed E-state index contributed by atoms with van der Waals surface area (Å²) >= 11 is 8.35. The lowest BCUT2D eigenvalue weighted by Crippen LogP contribution is -2.43. The van der Waals surface area contributed by atoms with E-state index in [0.717, 1.165) is 22.2 Å². The van der Waals surface area contributed by atoms with Crippen molar-refractivity contribution >= 4 is 58.3 Å². The Morgan fingerprint density at radius 3 is 2.88 bits per heavy atom. The zero-order chi connectivity index (χ0) is 18.7. The lowest BCUT2D eigenvalue weighted by atomic mass is 10.2. The Labute approximate surface area is 164 Å². The number of thioether (sulfide) groups is 2. The molecular weight excluding hydrogens is 396 g/mol. The number of rotatable bonds is 5. The molecule has 2 aliphatic heterocycles. The fraction of sp³-hybridized carbons (Fsp3) is 0.353. The molecule has 26 heavy (non-hydrogen) atoms. The van der Waals surface area contributed by atoms with Crippen molar-refractivity contribution in [3.63, 3.8) is 0 Å². The summed E-state index contributed by atoms with van der Waals surface area (Å²) in [6.07, 6.45) is 1.07. The van der Waals surface area contributed by atoms with Crippen LogP contribution in [0.4, 0.5) is 4.79 Å². The summed E-state index contributed by atoms with van der Waals surface area (Å²) in [6.45, 7) is 0.0132. The maximum Gasteiger partial charge on any atom is 0.293 e. The van der Waals surface area contributed by atoms with Gasteiger partial charge in [-0.3, -0.25) is 19.3 Å². The average molecular weight is 413 g/mol. The molecule has 0 aromatic heterocycles. The van der Waals surface area contributed by atoms with Crippen LogP contribution in [0.3, 0.4) is 0 Å². The van der Waals surface area contributed by atoms with Gasteiger partial charge < -0.3 is 10.4 Å². The smallest absolute Gasteiger partial charge is 0.293 e. The zero-order valence-corrected chi connectivity index (χ0v) is 16.1. The molecule has 9 heteroatoms. The van der Waals surface area contributed by atoms with Gasteiger partial charge in [-0.2, -0.15) is 11.8 Å². The maximum atomic E-state index is 12.4. The molecule has 1 aromatic carbocycles. The predicted octanol–water partition coefficient (Wildman–Crippen LogP) is 2.36. The molecule has 0 bridgehead atoms. The Morgan fingerprint density at radius 1 is 1.38 bits per heavy atom. The van der Waals surface area contributed by atoms with Crippen LogP contribution in [-0.4, -0.2) is 57.3 Å². The van der Waals surface area contributed by atoms with E-state index in [1.807, 2.05) is 0 Å². The van der Waals surface area contributed by atoms with E-state index in [9.17, 15) is 19.5 Å². The molecule has 3 rings (SSSR count). The molecule has 0 saturated carbocycles. The van der Waals surface area contributed by atoms with Gasteiger partial charge in [0.05, 0.1) is 17.1 Å². The monoisotopic (exact) mass is 412 g/mol. The number of hydrogen-bond acceptors (Lipinski definition) is 6. The van der Waals surface area contributed by atoms with E-state index in [0.29, 0.717) is 21.4 Å². The van der Waals surface area contributed by atoms with Crippen LogP contribution in [0.1, 0.15) is 12.0 Å². The average Bonchev–Trinajstić information content (AvgIpc) is 3.10. The molecule has 0 radical (unpaired) electrons. The quantitative estimate of drug-likeness (QED) is 0.722. The van der Waals surface area contributed by atoms with Crippen molar-refractivity contribution in [3.8, 4) is 0 Å². The van der Waals surface area contributed by atoms with Gasteiger partial charge >= 0.3 is 0 Å². The van der Waals surface area contributed by atoms with Gasteiger partial charge in [-0.05, 0) is 35.5 Å². The molecule has 0 aliphatic carbocycles. The van der Waals surface area contributed by atoms with Crippen LogP contribution in [0.2, 0.25) is 5.02 Å². The minimum Gasteiger partial charge on any atom is -0.390 e. The number of carbonyl (C=O) groups is 3. The maximum absolute atomic E-state index is 12.4. The van der Waals surface area contributed by atoms with E-state index in [1.54, 1.807) is 42.1 Å². The topological polar surface area (TPSA) is 86.7 Å². The van der Waals surface area contributed by atoms with Gasteiger partial charge in [-0.1, -0.05) is 23.7 Å². The number of benzene rings is 1. The van der Waals surface area contributed by atoms with Crippen LogP contribution in [-0.2, 0) is 9.59 Å². The van der Waals surface area contributed by atoms with Crippen LogP contribution >= 0.6 is 35.1 Å². The van der Waals surface area contributed by atoms with E-state index in [4.69, 9.17) is 11.6 Å². The van der Waals surface area contributed by atoms with Crippen LogP contribution in [0.15, 0.2) is 29.2 Å². The van der Waals surface area contributed by atoms with Gasteiger partial charge in [0.2, 0.25) is 5.91 Å². The normalized spacial score (nSPS) is 24.5. The SMILES string of the molecule is O=C(CCN1C(=O)S/C(=C\c2cccc(Cl)c2)C1=O)N[C@H]1CSC[C@@H]1O. The molecule has 138 valence electrons. The zero-order valence-electron chi connectivity index (χ0n) is 13.7. The van der Waals surface area contributed by atoms with Gasteiger partial charge in [0, 0.05) is 29.5 Å². The van der Waals surface area contributed by atoms with Crippen molar-refractivity contribution in [1.82, 2.24) is 10.2 Å². The number of nitrogens with one attached hydrogen (secondary N) is 1. The molecule has 2 fully saturated rings. The highest BCUT2D eigenvalue weighted by Crippen LogP contribution is 2.32. The number of hydrogen-bond donors (Lipinski definition) is 2. The third-order valence-corrected chi connectivity index (χ3v) is 6.29. The van der Waals surface area contributed by atoms with Crippen molar-refractivity contribution < 1.29 is 19.5 Å². The number of carbonyl (C=O) groups excluding carboxylic acids is 3. The first-order chi connectivity index (χ1) is 12.4. The molecule has 1 aromatic rings. The van der Waals surface area contributed by atoms with Crippen molar-refractivity contribution in [1.29, 1.82) is 0 Å².